The highest BCUT2D eigenvalue weighted by Crippen LogP contribution is 2.21. The molecule has 0 saturated heterocycles. The zero-order chi connectivity index (χ0) is 19.1. The summed E-state index contributed by atoms with van der Waals surface area (Å²) in [6, 6.07) is 15.9. The fraction of sp³-hybridized carbons (Fsp3) is 0.238. The number of amides is 1. The van der Waals surface area contributed by atoms with Gasteiger partial charge in [-0.2, -0.15) is 0 Å². The number of carbonyl (C=O) groups excluding carboxylic acids is 1. The number of halogens is 1. The summed E-state index contributed by atoms with van der Waals surface area (Å²) >= 11 is 7.62. The van der Waals surface area contributed by atoms with Gasteiger partial charge in [-0.15, -0.1) is 11.8 Å². The van der Waals surface area contributed by atoms with Crippen LogP contribution in [0.3, 0.4) is 0 Å². The molecular weight excluding hydrogens is 378 g/mol. The molecule has 0 aliphatic rings. The molecule has 3 aromatic rings. The van der Waals surface area contributed by atoms with Gasteiger partial charge in [-0.1, -0.05) is 23.7 Å². The summed E-state index contributed by atoms with van der Waals surface area (Å²) in [5.74, 6) is 0.987. The number of benzene rings is 2. The SMILES string of the molecule is CC(NC(=O)CCCSc1ccc(Cl)cc1)c1ccc(-n2ccnc2)cc1. The van der Waals surface area contributed by atoms with Crippen molar-refractivity contribution in [2.75, 3.05) is 5.75 Å². The highest BCUT2D eigenvalue weighted by atomic mass is 35.5. The minimum absolute atomic E-state index is 0.0155. The number of nitrogens with one attached hydrogen (secondary N) is 1. The van der Waals surface area contributed by atoms with Crippen molar-refractivity contribution >= 4 is 29.3 Å². The lowest BCUT2D eigenvalue weighted by molar-refractivity contribution is -0.121. The van der Waals surface area contributed by atoms with Gasteiger partial charge in [0.15, 0.2) is 0 Å². The van der Waals surface area contributed by atoms with Gasteiger partial charge in [-0.05, 0) is 61.1 Å². The number of nitrogens with zero attached hydrogens (tertiary/aromatic N) is 2. The number of thioether (sulfide) groups is 1. The van der Waals surface area contributed by atoms with Gasteiger partial charge in [-0.25, -0.2) is 4.98 Å². The van der Waals surface area contributed by atoms with Gasteiger partial charge in [0.25, 0.3) is 0 Å². The molecule has 140 valence electrons. The lowest BCUT2D eigenvalue weighted by atomic mass is 10.1. The van der Waals surface area contributed by atoms with E-state index in [2.05, 4.69) is 10.3 Å². The first kappa shape index (κ1) is 19.5. The largest absolute Gasteiger partial charge is 0.350 e. The van der Waals surface area contributed by atoms with Crippen LogP contribution in [0.15, 0.2) is 72.1 Å². The fourth-order valence-electron chi connectivity index (χ4n) is 2.70. The van der Waals surface area contributed by atoms with Gasteiger partial charge in [-0.3, -0.25) is 4.79 Å². The molecule has 0 aliphatic heterocycles. The molecule has 6 heteroatoms. The normalized spacial score (nSPS) is 11.9. The Hall–Kier alpha value is -2.24. The Morgan fingerprint density at radius 1 is 1.19 bits per heavy atom. The number of rotatable bonds is 8. The van der Waals surface area contributed by atoms with E-state index in [1.54, 1.807) is 24.3 Å². The molecule has 0 fully saturated rings. The van der Waals surface area contributed by atoms with E-state index in [4.69, 9.17) is 11.6 Å². The summed E-state index contributed by atoms with van der Waals surface area (Å²) in [5.41, 5.74) is 2.14. The Kier molecular flexibility index (Phi) is 6.96. The van der Waals surface area contributed by atoms with E-state index < -0.39 is 0 Å². The topological polar surface area (TPSA) is 46.9 Å². The van der Waals surface area contributed by atoms with Crippen molar-refractivity contribution in [3.05, 3.63) is 77.8 Å². The fourth-order valence-corrected chi connectivity index (χ4v) is 3.68. The number of carbonyl (C=O) groups is 1. The summed E-state index contributed by atoms with van der Waals surface area (Å²) in [6.45, 7) is 2.01. The van der Waals surface area contributed by atoms with Crippen LogP contribution in [0, 0.1) is 0 Å². The zero-order valence-corrected chi connectivity index (χ0v) is 16.7. The lowest BCUT2D eigenvalue weighted by Gasteiger charge is -2.15. The highest BCUT2D eigenvalue weighted by molar-refractivity contribution is 7.99. The van der Waals surface area contributed by atoms with E-state index in [1.165, 1.54) is 4.90 Å². The number of aromatic nitrogens is 2. The predicted molar refractivity (Wildman–Crippen MR) is 112 cm³/mol. The maximum Gasteiger partial charge on any atom is 0.220 e. The Bertz CT molecular complexity index is 848. The first-order valence-electron chi connectivity index (χ1n) is 8.88. The molecule has 27 heavy (non-hydrogen) atoms. The van der Waals surface area contributed by atoms with E-state index in [9.17, 15) is 4.79 Å². The summed E-state index contributed by atoms with van der Waals surface area (Å²) < 4.78 is 1.95. The number of hydrogen-bond donors (Lipinski definition) is 1. The standard InChI is InChI=1S/C21H22ClN3OS/c1-16(17-4-8-19(9-5-17)25-13-12-23-15-25)24-21(26)3-2-14-27-20-10-6-18(22)7-11-20/h4-13,15-16H,2-3,14H2,1H3,(H,24,26). The Balaban J connectivity index is 1.41. The number of imidazole rings is 1. The molecule has 1 unspecified atom stereocenters. The molecule has 1 aromatic heterocycles. The van der Waals surface area contributed by atoms with E-state index in [0.29, 0.717) is 6.42 Å². The van der Waals surface area contributed by atoms with Gasteiger partial charge in [0.1, 0.15) is 0 Å². The maximum absolute atomic E-state index is 12.2. The van der Waals surface area contributed by atoms with Gasteiger partial charge < -0.3 is 9.88 Å². The van der Waals surface area contributed by atoms with Gasteiger partial charge in [0, 0.05) is 34.4 Å². The summed E-state index contributed by atoms with van der Waals surface area (Å²) in [5, 5.41) is 3.81. The second-order valence-electron chi connectivity index (χ2n) is 6.26. The third-order valence-corrected chi connectivity index (χ3v) is 5.55. The molecule has 0 saturated carbocycles. The first-order chi connectivity index (χ1) is 13.1. The summed E-state index contributed by atoms with van der Waals surface area (Å²) in [7, 11) is 0. The van der Waals surface area contributed by atoms with E-state index in [-0.39, 0.29) is 11.9 Å². The molecule has 1 heterocycles. The van der Waals surface area contributed by atoms with Crippen LogP contribution in [0.4, 0.5) is 0 Å². The second-order valence-corrected chi connectivity index (χ2v) is 7.86. The van der Waals surface area contributed by atoms with Crippen molar-refractivity contribution in [1.82, 2.24) is 14.9 Å². The summed E-state index contributed by atoms with van der Waals surface area (Å²) in [4.78, 5) is 17.4. The minimum atomic E-state index is -0.0155. The van der Waals surface area contributed by atoms with Crippen LogP contribution in [-0.4, -0.2) is 21.2 Å². The number of hydrogen-bond acceptors (Lipinski definition) is 3. The van der Waals surface area contributed by atoms with Gasteiger partial charge >= 0.3 is 0 Å². The van der Waals surface area contributed by atoms with Crippen molar-refractivity contribution < 1.29 is 4.79 Å². The molecule has 3 rings (SSSR count). The molecule has 0 spiro atoms. The van der Waals surface area contributed by atoms with Crippen molar-refractivity contribution in [3.63, 3.8) is 0 Å². The highest BCUT2D eigenvalue weighted by Gasteiger charge is 2.09. The zero-order valence-electron chi connectivity index (χ0n) is 15.1. The molecule has 1 N–H and O–H groups in total. The molecule has 2 aromatic carbocycles. The molecule has 1 amide bonds. The van der Waals surface area contributed by atoms with Crippen LogP contribution in [0.5, 0.6) is 0 Å². The van der Waals surface area contributed by atoms with Gasteiger partial charge in [0.05, 0.1) is 12.4 Å². The van der Waals surface area contributed by atoms with E-state index in [0.717, 1.165) is 28.4 Å². The van der Waals surface area contributed by atoms with Crippen LogP contribution >= 0.6 is 23.4 Å². The average Bonchev–Trinajstić information content (AvgIpc) is 3.21. The van der Waals surface area contributed by atoms with Crippen LogP contribution in [0.2, 0.25) is 5.02 Å². The summed E-state index contributed by atoms with van der Waals surface area (Å²) in [6.07, 6.45) is 6.79. The minimum Gasteiger partial charge on any atom is -0.350 e. The third kappa shape index (κ3) is 5.88. The molecule has 0 bridgehead atoms. The van der Waals surface area contributed by atoms with Crippen LogP contribution in [0.25, 0.3) is 5.69 Å². The van der Waals surface area contributed by atoms with Crippen molar-refractivity contribution in [3.8, 4) is 5.69 Å². The van der Waals surface area contributed by atoms with Crippen LogP contribution < -0.4 is 5.32 Å². The molecule has 0 radical (unpaired) electrons. The first-order valence-corrected chi connectivity index (χ1v) is 10.2. The smallest absolute Gasteiger partial charge is 0.220 e. The van der Waals surface area contributed by atoms with Crippen LogP contribution in [0.1, 0.15) is 31.4 Å². The quantitative estimate of drug-likeness (QED) is 0.414. The molecule has 0 aliphatic carbocycles. The van der Waals surface area contributed by atoms with Crippen molar-refractivity contribution in [2.45, 2.75) is 30.7 Å². The van der Waals surface area contributed by atoms with Crippen LogP contribution in [-0.2, 0) is 4.79 Å². The lowest BCUT2D eigenvalue weighted by Crippen LogP contribution is -2.26. The van der Waals surface area contributed by atoms with Gasteiger partial charge in [0.2, 0.25) is 5.91 Å². The molecule has 1 atom stereocenters. The van der Waals surface area contributed by atoms with Crippen molar-refractivity contribution in [2.24, 2.45) is 0 Å². The maximum atomic E-state index is 12.2. The Morgan fingerprint density at radius 2 is 1.93 bits per heavy atom. The Labute approximate surface area is 169 Å². The average molecular weight is 400 g/mol. The monoisotopic (exact) mass is 399 g/mol. The third-order valence-electron chi connectivity index (χ3n) is 4.20. The predicted octanol–water partition coefficient (Wildman–Crippen LogP) is 5.28. The van der Waals surface area contributed by atoms with E-state index in [1.807, 2.05) is 66.2 Å². The van der Waals surface area contributed by atoms with E-state index >= 15 is 0 Å². The molecular formula is C21H22ClN3OS. The molecule has 4 nitrogen and oxygen atoms in total. The Morgan fingerprint density at radius 3 is 2.59 bits per heavy atom. The second kappa shape index (κ2) is 9.62. The van der Waals surface area contributed by atoms with Crippen molar-refractivity contribution in [1.29, 1.82) is 0 Å².